The van der Waals surface area contributed by atoms with Gasteiger partial charge in [0.1, 0.15) is 5.75 Å². The van der Waals surface area contributed by atoms with E-state index in [1.165, 1.54) is 0 Å². The number of fused-ring (bicyclic) bond motifs is 1. The quantitative estimate of drug-likeness (QED) is 0.453. The molecule has 0 fully saturated rings. The van der Waals surface area contributed by atoms with Crippen LogP contribution in [0.25, 0.3) is 27.8 Å². The molecule has 0 radical (unpaired) electrons. The Hall–Kier alpha value is -3.05. The van der Waals surface area contributed by atoms with E-state index in [0.717, 1.165) is 22.6 Å². The van der Waals surface area contributed by atoms with E-state index in [1.54, 1.807) is 18.0 Å². The van der Waals surface area contributed by atoms with Gasteiger partial charge in [-0.1, -0.05) is 30.3 Å². The Balaban J connectivity index is 1.96. The molecular weight excluding hydrogens is 374 g/mol. The summed E-state index contributed by atoms with van der Waals surface area (Å²) in [7, 11) is 1.64. The van der Waals surface area contributed by atoms with Crippen molar-refractivity contribution in [2.45, 2.75) is 13.0 Å². The molecule has 2 aromatic carbocycles. The van der Waals surface area contributed by atoms with E-state index >= 15 is 0 Å². The minimum absolute atomic E-state index is 0.0544. The monoisotopic (exact) mass is 393 g/mol. The largest absolute Gasteiger partial charge is 0.497 e. The zero-order valence-corrected chi connectivity index (χ0v) is 16.3. The van der Waals surface area contributed by atoms with Crippen LogP contribution in [0.5, 0.6) is 5.75 Å². The van der Waals surface area contributed by atoms with Crippen LogP contribution in [0.3, 0.4) is 0 Å². The van der Waals surface area contributed by atoms with Gasteiger partial charge in [-0.25, -0.2) is 4.98 Å². The lowest BCUT2D eigenvalue weighted by atomic mass is 10.1. The number of methoxy groups -OCH3 is 1. The zero-order chi connectivity index (χ0) is 19.5. The van der Waals surface area contributed by atoms with Gasteiger partial charge in [0, 0.05) is 29.9 Å². The average molecular weight is 394 g/mol. The minimum atomic E-state index is -0.0544. The van der Waals surface area contributed by atoms with Crippen molar-refractivity contribution in [2.24, 2.45) is 0 Å². The predicted octanol–water partition coefficient (Wildman–Crippen LogP) is 4.49. The lowest BCUT2D eigenvalue weighted by Crippen LogP contribution is -2.21. The Morgan fingerprint density at radius 2 is 1.82 bits per heavy atom. The van der Waals surface area contributed by atoms with Crippen molar-refractivity contribution in [1.82, 2.24) is 14.1 Å². The summed E-state index contributed by atoms with van der Waals surface area (Å²) < 4.78 is 8.83. The highest BCUT2D eigenvalue weighted by molar-refractivity contribution is 6.17. The van der Waals surface area contributed by atoms with Crippen LogP contribution in [0.2, 0.25) is 0 Å². The molecule has 0 amide bonds. The Bertz CT molecular complexity index is 1150. The number of aromatic nitrogens is 3. The van der Waals surface area contributed by atoms with Crippen LogP contribution in [0.4, 0.5) is 0 Å². The van der Waals surface area contributed by atoms with Crippen molar-refractivity contribution in [1.29, 1.82) is 0 Å². The predicted molar refractivity (Wildman–Crippen MR) is 113 cm³/mol. The highest BCUT2D eigenvalue weighted by Gasteiger charge is 2.17. The first-order chi connectivity index (χ1) is 13.7. The second-order valence-electron chi connectivity index (χ2n) is 6.46. The van der Waals surface area contributed by atoms with Crippen LogP contribution in [0.15, 0.2) is 71.9 Å². The molecule has 0 bridgehead atoms. The number of hydrogen-bond donors (Lipinski definition) is 0. The summed E-state index contributed by atoms with van der Waals surface area (Å²) in [5.74, 6) is 1.28. The fourth-order valence-electron chi connectivity index (χ4n) is 3.32. The van der Waals surface area contributed by atoms with Gasteiger partial charge >= 0.3 is 0 Å². The van der Waals surface area contributed by atoms with Gasteiger partial charge in [0.15, 0.2) is 5.65 Å². The maximum absolute atomic E-state index is 13.2. The number of ether oxygens (including phenoxy) is 1. The molecule has 4 aromatic rings. The molecule has 2 aromatic heterocycles. The zero-order valence-electron chi connectivity index (χ0n) is 15.5. The number of rotatable bonds is 6. The maximum atomic E-state index is 13.2. The first kappa shape index (κ1) is 18.3. The molecular formula is C22H20ClN3O2. The van der Waals surface area contributed by atoms with Crippen LogP contribution >= 0.6 is 11.6 Å². The molecule has 2 heterocycles. The fourth-order valence-corrected chi connectivity index (χ4v) is 3.44. The summed E-state index contributed by atoms with van der Waals surface area (Å²) in [6, 6.07) is 17.6. The van der Waals surface area contributed by atoms with Crippen molar-refractivity contribution in [2.75, 3.05) is 13.0 Å². The summed E-state index contributed by atoms with van der Waals surface area (Å²) in [6.45, 7) is 0.549. The lowest BCUT2D eigenvalue weighted by molar-refractivity contribution is 0.415. The highest BCUT2D eigenvalue weighted by Crippen LogP contribution is 2.30. The first-order valence-corrected chi connectivity index (χ1v) is 9.62. The number of nitrogens with zero attached hydrogens (tertiary/aromatic N) is 3. The van der Waals surface area contributed by atoms with Crippen LogP contribution < -0.4 is 10.3 Å². The van der Waals surface area contributed by atoms with Crippen LogP contribution in [-0.4, -0.2) is 27.1 Å². The van der Waals surface area contributed by atoms with Crippen molar-refractivity contribution in [3.05, 3.63) is 77.5 Å². The topological polar surface area (TPSA) is 49.0 Å². The number of hydrogen-bond acceptors (Lipinski definition) is 3. The van der Waals surface area contributed by atoms with Crippen molar-refractivity contribution in [3.63, 3.8) is 0 Å². The Morgan fingerprint density at radius 3 is 2.50 bits per heavy atom. The molecule has 142 valence electrons. The van der Waals surface area contributed by atoms with Gasteiger partial charge in [0.25, 0.3) is 5.56 Å². The van der Waals surface area contributed by atoms with E-state index < -0.39 is 0 Å². The summed E-state index contributed by atoms with van der Waals surface area (Å²) in [4.78, 5) is 17.8. The number of alkyl halides is 1. The third-order valence-electron chi connectivity index (χ3n) is 4.74. The lowest BCUT2D eigenvalue weighted by Gasteiger charge is -2.07. The molecule has 0 unspecified atom stereocenters. The van der Waals surface area contributed by atoms with Gasteiger partial charge in [0.2, 0.25) is 0 Å². The molecule has 0 aliphatic heterocycles. The molecule has 6 heteroatoms. The molecule has 4 rings (SSSR count). The third-order valence-corrected chi connectivity index (χ3v) is 5.01. The van der Waals surface area contributed by atoms with E-state index in [4.69, 9.17) is 16.3 Å². The summed E-state index contributed by atoms with van der Waals surface area (Å²) >= 11 is 5.81. The van der Waals surface area contributed by atoms with Gasteiger partial charge < -0.3 is 9.30 Å². The third kappa shape index (κ3) is 3.29. The Kier molecular flexibility index (Phi) is 5.17. The van der Waals surface area contributed by atoms with Gasteiger partial charge in [-0.3, -0.25) is 9.36 Å². The van der Waals surface area contributed by atoms with Gasteiger partial charge in [-0.2, -0.15) is 0 Å². The van der Waals surface area contributed by atoms with Gasteiger partial charge in [0.05, 0.1) is 18.8 Å². The van der Waals surface area contributed by atoms with E-state index in [-0.39, 0.29) is 5.56 Å². The SMILES string of the molecule is COc1ccc(-n2cc(-c3ccccc3)c3c(=O)n(CCCCl)cnc32)cc1. The molecule has 0 atom stereocenters. The van der Waals surface area contributed by atoms with E-state index in [0.29, 0.717) is 29.9 Å². The molecule has 5 nitrogen and oxygen atoms in total. The summed E-state index contributed by atoms with van der Waals surface area (Å²) in [6.07, 6.45) is 4.29. The molecule has 0 saturated carbocycles. The second-order valence-corrected chi connectivity index (χ2v) is 6.84. The molecule has 0 aliphatic rings. The normalized spacial score (nSPS) is 11.1. The minimum Gasteiger partial charge on any atom is -0.497 e. The van der Waals surface area contributed by atoms with Crippen LogP contribution in [-0.2, 0) is 6.54 Å². The number of benzene rings is 2. The van der Waals surface area contributed by atoms with Crippen LogP contribution in [0.1, 0.15) is 6.42 Å². The summed E-state index contributed by atoms with van der Waals surface area (Å²) in [5.41, 5.74) is 3.34. The molecule has 0 spiro atoms. The standard InChI is InChI=1S/C22H20ClN3O2/c1-28-18-10-8-17(9-11-18)26-14-19(16-6-3-2-4-7-16)20-21(26)24-15-25(22(20)27)13-5-12-23/h2-4,6-11,14-15H,5,12-13H2,1H3. The molecule has 28 heavy (non-hydrogen) atoms. The van der Waals surface area contributed by atoms with Gasteiger partial charge in [-0.05, 0) is 36.2 Å². The Morgan fingerprint density at radius 1 is 1.07 bits per heavy atom. The van der Waals surface area contributed by atoms with Crippen molar-refractivity contribution < 1.29 is 4.74 Å². The smallest absolute Gasteiger partial charge is 0.263 e. The Labute approximate surface area is 167 Å². The second kappa shape index (κ2) is 7.90. The van der Waals surface area contributed by atoms with E-state index in [9.17, 15) is 4.79 Å². The molecule has 0 saturated heterocycles. The highest BCUT2D eigenvalue weighted by atomic mass is 35.5. The first-order valence-electron chi connectivity index (χ1n) is 9.09. The van der Waals surface area contributed by atoms with Crippen LogP contribution in [0, 0.1) is 0 Å². The fraction of sp³-hybridized carbons (Fsp3) is 0.182. The summed E-state index contributed by atoms with van der Waals surface area (Å²) in [5, 5.41) is 0.610. The van der Waals surface area contributed by atoms with Crippen molar-refractivity contribution in [3.8, 4) is 22.6 Å². The van der Waals surface area contributed by atoms with E-state index in [2.05, 4.69) is 4.98 Å². The van der Waals surface area contributed by atoms with Crippen molar-refractivity contribution >= 4 is 22.6 Å². The molecule has 0 N–H and O–H groups in total. The number of halogens is 1. The molecule has 0 aliphatic carbocycles. The number of aryl methyl sites for hydroxylation is 1. The van der Waals surface area contributed by atoms with Gasteiger partial charge in [-0.15, -0.1) is 11.6 Å². The average Bonchev–Trinajstić information content (AvgIpc) is 3.14. The van der Waals surface area contributed by atoms with E-state index in [1.807, 2.05) is 65.4 Å². The maximum Gasteiger partial charge on any atom is 0.263 e.